The Bertz CT molecular complexity index is 637. The molecule has 1 fully saturated rings. The molecular formula is C19H28ClN5. The molecule has 0 spiro atoms. The SMILES string of the molecule is Cl.Nc1cccc(C[C@H]2CNC[C@H]2NC[C@H](N)Cc2ccccc2)n1. The predicted octanol–water partition coefficient (Wildman–Crippen LogP) is 1.38. The summed E-state index contributed by atoms with van der Waals surface area (Å²) in [6.07, 6.45) is 1.83. The number of rotatable bonds is 7. The van der Waals surface area contributed by atoms with Crippen LogP contribution in [0.2, 0.25) is 0 Å². The van der Waals surface area contributed by atoms with Gasteiger partial charge in [0.25, 0.3) is 0 Å². The van der Waals surface area contributed by atoms with E-state index in [0.29, 0.717) is 17.8 Å². The summed E-state index contributed by atoms with van der Waals surface area (Å²) in [5.74, 6) is 1.11. The van der Waals surface area contributed by atoms with Crippen molar-refractivity contribution in [2.24, 2.45) is 11.7 Å². The quantitative estimate of drug-likeness (QED) is 0.598. The predicted molar refractivity (Wildman–Crippen MR) is 106 cm³/mol. The van der Waals surface area contributed by atoms with Gasteiger partial charge in [0.1, 0.15) is 5.82 Å². The van der Waals surface area contributed by atoms with Crippen molar-refractivity contribution in [1.29, 1.82) is 0 Å². The summed E-state index contributed by atoms with van der Waals surface area (Å²) < 4.78 is 0. The Kier molecular flexibility index (Phi) is 7.65. The summed E-state index contributed by atoms with van der Waals surface area (Å²) >= 11 is 0. The molecule has 0 saturated carbocycles. The molecule has 5 nitrogen and oxygen atoms in total. The maximum absolute atomic E-state index is 6.29. The van der Waals surface area contributed by atoms with Crippen LogP contribution in [0.3, 0.4) is 0 Å². The van der Waals surface area contributed by atoms with Gasteiger partial charge >= 0.3 is 0 Å². The first-order valence-corrected chi connectivity index (χ1v) is 8.65. The van der Waals surface area contributed by atoms with Gasteiger partial charge in [-0.3, -0.25) is 0 Å². The van der Waals surface area contributed by atoms with E-state index in [1.807, 2.05) is 24.3 Å². The van der Waals surface area contributed by atoms with Crippen molar-refractivity contribution in [1.82, 2.24) is 15.6 Å². The fourth-order valence-corrected chi connectivity index (χ4v) is 3.36. The first-order valence-electron chi connectivity index (χ1n) is 8.65. The van der Waals surface area contributed by atoms with Crippen LogP contribution in [0.4, 0.5) is 5.82 Å². The van der Waals surface area contributed by atoms with Crippen LogP contribution in [0.15, 0.2) is 48.5 Å². The van der Waals surface area contributed by atoms with Gasteiger partial charge in [0, 0.05) is 30.9 Å². The minimum absolute atomic E-state index is 0. The molecular weight excluding hydrogens is 334 g/mol. The topological polar surface area (TPSA) is 89.0 Å². The second kappa shape index (κ2) is 9.73. The molecule has 1 aliphatic heterocycles. The Balaban J connectivity index is 0.00000225. The Morgan fingerprint density at radius 1 is 1.12 bits per heavy atom. The van der Waals surface area contributed by atoms with Crippen LogP contribution in [-0.2, 0) is 12.8 Å². The van der Waals surface area contributed by atoms with Gasteiger partial charge in [0.2, 0.25) is 0 Å². The third-order valence-corrected chi connectivity index (χ3v) is 4.62. The van der Waals surface area contributed by atoms with Crippen molar-refractivity contribution in [2.45, 2.75) is 24.9 Å². The van der Waals surface area contributed by atoms with Crippen LogP contribution in [0.25, 0.3) is 0 Å². The third-order valence-electron chi connectivity index (χ3n) is 4.62. The van der Waals surface area contributed by atoms with Gasteiger partial charge < -0.3 is 22.1 Å². The number of nitrogens with one attached hydrogen (secondary N) is 2. The first kappa shape index (κ1) is 19.7. The smallest absolute Gasteiger partial charge is 0.123 e. The molecule has 0 unspecified atom stereocenters. The van der Waals surface area contributed by atoms with E-state index in [4.69, 9.17) is 11.5 Å². The molecule has 1 saturated heterocycles. The Hall–Kier alpha value is -1.66. The Morgan fingerprint density at radius 2 is 1.92 bits per heavy atom. The standard InChI is InChI=1S/C19H27N5.ClH/c20-16(9-14-5-2-1-3-6-14)12-23-18-13-22-11-15(18)10-17-7-4-8-19(21)24-17;/h1-8,15-16,18,22-23H,9-13,20H2,(H2,21,24);1H/t15-,16+,18+;/m0./s1. The number of nitrogens with two attached hydrogens (primary N) is 2. The van der Waals surface area contributed by atoms with Crippen molar-refractivity contribution in [3.63, 3.8) is 0 Å². The van der Waals surface area contributed by atoms with Crippen molar-refractivity contribution in [3.8, 4) is 0 Å². The molecule has 1 aromatic carbocycles. The van der Waals surface area contributed by atoms with Gasteiger partial charge in [0.15, 0.2) is 0 Å². The van der Waals surface area contributed by atoms with Crippen LogP contribution in [-0.4, -0.2) is 36.7 Å². The molecule has 0 bridgehead atoms. The van der Waals surface area contributed by atoms with E-state index in [-0.39, 0.29) is 18.4 Å². The Labute approximate surface area is 156 Å². The lowest BCUT2D eigenvalue weighted by Crippen LogP contribution is -2.44. The zero-order valence-electron chi connectivity index (χ0n) is 14.4. The molecule has 25 heavy (non-hydrogen) atoms. The Morgan fingerprint density at radius 3 is 2.68 bits per heavy atom. The molecule has 6 N–H and O–H groups in total. The summed E-state index contributed by atoms with van der Waals surface area (Å²) in [4.78, 5) is 4.42. The van der Waals surface area contributed by atoms with Crippen molar-refractivity contribution in [2.75, 3.05) is 25.4 Å². The molecule has 1 aliphatic rings. The third kappa shape index (κ3) is 5.97. The molecule has 1 aromatic heterocycles. The number of pyridine rings is 1. The van der Waals surface area contributed by atoms with Crippen LogP contribution >= 0.6 is 12.4 Å². The van der Waals surface area contributed by atoms with E-state index >= 15 is 0 Å². The molecule has 136 valence electrons. The zero-order chi connectivity index (χ0) is 16.8. The number of nitrogen functional groups attached to an aromatic ring is 1. The monoisotopic (exact) mass is 361 g/mol. The number of anilines is 1. The van der Waals surface area contributed by atoms with Crippen molar-refractivity contribution in [3.05, 3.63) is 59.8 Å². The van der Waals surface area contributed by atoms with Gasteiger partial charge in [-0.1, -0.05) is 36.4 Å². The highest BCUT2D eigenvalue weighted by molar-refractivity contribution is 5.85. The lowest BCUT2D eigenvalue weighted by molar-refractivity contribution is 0.406. The highest BCUT2D eigenvalue weighted by Gasteiger charge is 2.27. The maximum Gasteiger partial charge on any atom is 0.123 e. The highest BCUT2D eigenvalue weighted by atomic mass is 35.5. The van der Waals surface area contributed by atoms with Crippen LogP contribution < -0.4 is 22.1 Å². The van der Waals surface area contributed by atoms with E-state index in [1.165, 1.54) is 5.56 Å². The normalized spacial score (nSPS) is 20.8. The van der Waals surface area contributed by atoms with Gasteiger partial charge in [-0.15, -0.1) is 12.4 Å². The zero-order valence-corrected chi connectivity index (χ0v) is 15.2. The lowest BCUT2D eigenvalue weighted by Gasteiger charge is -2.22. The minimum atomic E-state index is 0. The second-order valence-corrected chi connectivity index (χ2v) is 6.64. The summed E-state index contributed by atoms with van der Waals surface area (Å²) in [6.45, 7) is 2.80. The number of halogens is 1. The fraction of sp³-hybridized carbons (Fsp3) is 0.421. The molecule has 0 aliphatic carbocycles. The molecule has 2 aromatic rings. The van der Waals surface area contributed by atoms with Gasteiger partial charge in [-0.2, -0.15) is 0 Å². The average molecular weight is 362 g/mol. The molecule has 3 rings (SSSR count). The number of hydrogen-bond acceptors (Lipinski definition) is 5. The number of benzene rings is 1. The molecule has 2 heterocycles. The summed E-state index contributed by atoms with van der Waals surface area (Å²) in [5, 5.41) is 7.11. The van der Waals surface area contributed by atoms with Crippen molar-refractivity contribution >= 4 is 18.2 Å². The van der Waals surface area contributed by atoms with E-state index < -0.39 is 0 Å². The molecule has 6 heteroatoms. The average Bonchev–Trinajstić information content (AvgIpc) is 3.01. The first-order chi connectivity index (χ1) is 11.7. The van der Waals surface area contributed by atoms with Gasteiger partial charge in [0.05, 0.1) is 0 Å². The number of hydrogen-bond donors (Lipinski definition) is 4. The van der Waals surface area contributed by atoms with Gasteiger partial charge in [-0.25, -0.2) is 4.98 Å². The minimum Gasteiger partial charge on any atom is -0.384 e. The highest BCUT2D eigenvalue weighted by Crippen LogP contribution is 2.16. The van der Waals surface area contributed by atoms with E-state index in [0.717, 1.165) is 38.2 Å². The van der Waals surface area contributed by atoms with Crippen LogP contribution in [0.5, 0.6) is 0 Å². The van der Waals surface area contributed by atoms with E-state index in [2.05, 4.69) is 39.9 Å². The number of nitrogens with zero attached hydrogens (tertiary/aromatic N) is 1. The largest absolute Gasteiger partial charge is 0.384 e. The van der Waals surface area contributed by atoms with Gasteiger partial charge in [-0.05, 0) is 43.0 Å². The summed E-state index contributed by atoms with van der Waals surface area (Å²) in [7, 11) is 0. The van der Waals surface area contributed by atoms with E-state index in [1.54, 1.807) is 0 Å². The fourth-order valence-electron chi connectivity index (χ4n) is 3.36. The maximum atomic E-state index is 6.29. The van der Waals surface area contributed by atoms with Crippen molar-refractivity contribution < 1.29 is 0 Å². The molecule has 0 radical (unpaired) electrons. The lowest BCUT2D eigenvalue weighted by atomic mass is 9.97. The van der Waals surface area contributed by atoms with Crippen LogP contribution in [0, 0.1) is 5.92 Å². The van der Waals surface area contributed by atoms with Crippen LogP contribution in [0.1, 0.15) is 11.3 Å². The summed E-state index contributed by atoms with van der Waals surface area (Å²) in [5.41, 5.74) is 14.4. The number of aromatic nitrogens is 1. The summed E-state index contributed by atoms with van der Waals surface area (Å²) in [6, 6.07) is 16.8. The second-order valence-electron chi connectivity index (χ2n) is 6.64. The van der Waals surface area contributed by atoms with E-state index in [9.17, 15) is 0 Å². The molecule has 3 atom stereocenters. The molecule has 0 amide bonds.